The maximum absolute atomic E-state index is 12.8. The maximum atomic E-state index is 12.8. The van der Waals surface area contributed by atoms with E-state index >= 15 is 0 Å². The zero-order valence-corrected chi connectivity index (χ0v) is 17.2. The normalized spacial score (nSPS) is 14.3. The molecule has 158 valence electrons. The number of amides is 1. The minimum Gasteiger partial charge on any atom is -0.461 e. The van der Waals surface area contributed by atoms with Gasteiger partial charge in [0, 0.05) is 44.0 Å². The molecular formula is C21H21N7O3. The molecule has 4 aromatic rings. The summed E-state index contributed by atoms with van der Waals surface area (Å²) in [7, 11) is 0. The highest BCUT2D eigenvalue weighted by atomic mass is 16.5. The van der Waals surface area contributed by atoms with E-state index in [4.69, 9.17) is 8.94 Å². The van der Waals surface area contributed by atoms with Crippen LogP contribution >= 0.6 is 0 Å². The van der Waals surface area contributed by atoms with E-state index in [2.05, 4.69) is 25.0 Å². The largest absolute Gasteiger partial charge is 0.461 e. The summed E-state index contributed by atoms with van der Waals surface area (Å²) in [5.41, 5.74) is 2.28. The van der Waals surface area contributed by atoms with Crippen LogP contribution in [0.25, 0.3) is 17.3 Å². The molecule has 10 heteroatoms. The SMILES string of the molecule is Cc1ncn(-c2cc(N3CCN(C(=O)c4cc(-c5ccco5)on4)CC3)ncn2)c1C. The molecule has 0 bridgehead atoms. The lowest BCUT2D eigenvalue weighted by molar-refractivity contribution is 0.0736. The van der Waals surface area contributed by atoms with Crippen molar-refractivity contribution in [3.05, 3.63) is 60.3 Å². The van der Waals surface area contributed by atoms with E-state index in [-0.39, 0.29) is 11.6 Å². The number of hydrogen-bond acceptors (Lipinski definition) is 8. The van der Waals surface area contributed by atoms with E-state index in [1.807, 2.05) is 24.5 Å². The lowest BCUT2D eigenvalue weighted by Crippen LogP contribution is -2.49. The van der Waals surface area contributed by atoms with Crippen molar-refractivity contribution in [2.45, 2.75) is 13.8 Å². The first-order valence-corrected chi connectivity index (χ1v) is 9.98. The zero-order valence-electron chi connectivity index (χ0n) is 17.2. The Kier molecular flexibility index (Phi) is 4.73. The third kappa shape index (κ3) is 3.56. The van der Waals surface area contributed by atoms with Crippen LogP contribution in [0.2, 0.25) is 0 Å². The third-order valence-corrected chi connectivity index (χ3v) is 5.52. The molecule has 1 aliphatic rings. The molecule has 5 heterocycles. The smallest absolute Gasteiger partial charge is 0.276 e. The van der Waals surface area contributed by atoms with E-state index in [0.29, 0.717) is 37.7 Å². The topological polar surface area (TPSA) is 106 Å². The predicted octanol–water partition coefficient (Wildman–Crippen LogP) is 2.49. The number of nitrogens with zero attached hydrogens (tertiary/aromatic N) is 7. The van der Waals surface area contributed by atoms with Gasteiger partial charge in [-0.2, -0.15) is 0 Å². The highest BCUT2D eigenvalue weighted by molar-refractivity contribution is 5.93. The standard InChI is InChI=1S/C21H21N7O3/c1-14-15(2)28(13-24-14)20-11-19(22-12-23-20)26-5-7-27(8-6-26)21(29)16-10-18(31-25-16)17-4-3-9-30-17/h3-4,9-13H,5-8H2,1-2H3. The Morgan fingerprint density at radius 1 is 1.00 bits per heavy atom. The van der Waals surface area contributed by atoms with Crippen LogP contribution in [0.1, 0.15) is 21.9 Å². The molecule has 1 aliphatic heterocycles. The summed E-state index contributed by atoms with van der Waals surface area (Å²) in [4.78, 5) is 29.9. The number of imidazole rings is 1. The number of piperazine rings is 1. The highest BCUT2D eigenvalue weighted by Crippen LogP contribution is 2.22. The van der Waals surface area contributed by atoms with E-state index in [1.54, 1.807) is 42.0 Å². The van der Waals surface area contributed by atoms with E-state index < -0.39 is 0 Å². The molecule has 0 aromatic carbocycles. The number of hydrogen-bond donors (Lipinski definition) is 0. The van der Waals surface area contributed by atoms with E-state index in [9.17, 15) is 4.79 Å². The summed E-state index contributed by atoms with van der Waals surface area (Å²) >= 11 is 0. The first kappa shape index (κ1) is 19.0. The van der Waals surface area contributed by atoms with Crippen LogP contribution in [-0.4, -0.2) is 61.7 Å². The van der Waals surface area contributed by atoms with Crippen molar-refractivity contribution in [1.29, 1.82) is 0 Å². The minimum atomic E-state index is -0.158. The summed E-state index contributed by atoms with van der Waals surface area (Å²) in [5, 5.41) is 3.91. The molecule has 1 fully saturated rings. The lowest BCUT2D eigenvalue weighted by atomic mass is 10.2. The molecule has 4 aromatic heterocycles. The monoisotopic (exact) mass is 419 g/mol. The number of furan rings is 1. The van der Waals surface area contributed by atoms with Crippen molar-refractivity contribution in [1.82, 2.24) is 29.6 Å². The van der Waals surface area contributed by atoms with Crippen molar-refractivity contribution >= 4 is 11.7 Å². The van der Waals surface area contributed by atoms with Crippen LogP contribution in [0.15, 0.2) is 52.1 Å². The molecule has 10 nitrogen and oxygen atoms in total. The number of carbonyl (C=O) groups excluding carboxylic acids is 1. The van der Waals surface area contributed by atoms with Crippen LogP contribution in [0, 0.1) is 13.8 Å². The van der Waals surface area contributed by atoms with Crippen molar-refractivity contribution in [2.75, 3.05) is 31.1 Å². The Morgan fingerprint density at radius 3 is 2.52 bits per heavy atom. The van der Waals surface area contributed by atoms with Crippen LogP contribution in [0.5, 0.6) is 0 Å². The van der Waals surface area contributed by atoms with Crippen LogP contribution in [0.3, 0.4) is 0 Å². The predicted molar refractivity (Wildman–Crippen MR) is 111 cm³/mol. The summed E-state index contributed by atoms with van der Waals surface area (Å²) in [6.07, 6.45) is 4.87. The fraction of sp³-hybridized carbons (Fsp3) is 0.286. The Bertz CT molecular complexity index is 1200. The molecule has 0 radical (unpaired) electrons. The minimum absolute atomic E-state index is 0.158. The van der Waals surface area contributed by atoms with Crippen molar-refractivity contribution in [2.24, 2.45) is 0 Å². The first-order valence-electron chi connectivity index (χ1n) is 9.98. The molecule has 0 N–H and O–H groups in total. The van der Waals surface area contributed by atoms with Gasteiger partial charge >= 0.3 is 0 Å². The Labute approximate surface area is 178 Å². The van der Waals surface area contributed by atoms with Crippen molar-refractivity contribution in [3.8, 4) is 17.3 Å². The average molecular weight is 419 g/mol. The molecule has 1 amide bonds. The van der Waals surface area contributed by atoms with Crippen LogP contribution < -0.4 is 4.90 Å². The molecule has 1 saturated heterocycles. The second kappa shape index (κ2) is 7.71. The van der Waals surface area contributed by atoms with Gasteiger partial charge in [-0.05, 0) is 26.0 Å². The molecule has 0 saturated carbocycles. The Balaban J connectivity index is 1.26. The van der Waals surface area contributed by atoms with Gasteiger partial charge in [0.25, 0.3) is 5.91 Å². The van der Waals surface area contributed by atoms with Gasteiger partial charge in [0.15, 0.2) is 11.5 Å². The number of anilines is 1. The molecule has 0 atom stereocenters. The van der Waals surface area contributed by atoms with E-state index in [1.165, 1.54) is 0 Å². The zero-order chi connectivity index (χ0) is 21.4. The molecular weight excluding hydrogens is 398 g/mol. The van der Waals surface area contributed by atoms with Gasteiger partial charge in [-0.1, -0.05) is 5.16 Å². The number of rotatable bonds is 4. The quantitative estimate of drug-likeness (QED) is 0.497. The maximum Gasteiger partial charge on any atom is 0.276 e. The van der Waals surface area contributed by atoms with Crippen LogP contribution in [-0.2, 0) is 0 Å². The van der Waals surface area contributed by atoms with Gasteiger partial charge in [0.05, 0.1) is 12.0 Å². The second-order valence-corrected chi connectivity index (χ2v) is 7.35. The summed E-state index contributed by atoms with van der Waals surface area (Å²) in [6.45, 7) is 6.42. The van der Waals surface area contributed by atoms with Crippen LogP contribution in [0.4, 0.5) is 5.82 Å². The van der Waals surface area contributed by atoms with Crippen molar-refractivity contribution in [3.63, 3.8) is 0 Å². The van der Waals surface area contributed by atoms with Gasteiger partial charge in [0.1, 0.15) is 24.3 Å². The molecule has 0 spiro atoms. The molecule has 5 rings (SSSR count). The average Bonchev–Trinajstić information content (AvgIpc) is 3.56. The van der Waals surface area contributed by atoms with Gasteiger partial charge in [-0.15, -0.1) is 0 Å². The Hall–Kier alpha value is -3.95. The number of aromatic nitrogens is 5. The Morgan fingerprint density at radius 2 is 1.81 bits per heavy atom. The fourth-order valence-electron chi connectivity index (χ4n) is 3.58. The fourth-order valence-corrected chi connectivity index (χ4v) is 3.58. The molecule has 0 aliphatic carbocycles. The van der Waals surface area contributed by atoms with E-state index in [0.717, 1.165) is 23.0 Å². The van der Waals surface area contributed by atoms with Gasteiger partial charge in [-0.25, -0.2) is 15.0 Å². The van der Waals surface area contributed by atoms with Crippen molar-refractivity contribution < 1.29 is 13.7 Å². The lowest BCUT2D eigenvalue weighted by Gasteiger charge is -2.35. The van der Waals surface area contributed by atoms with Gasteiger partial charge in [-0.3, -0.25) is 9.36 Å². The molecule has 31 heavy (non-hydrogen) atoms. The summed E-state index contributed by atoms with van der Waals surface area (Å²) in [5.74, 6) is 2.41. The third-order valence-electron chi connectivity index (χ3n) is 5.52. The highest BCUT2D eigenvalue weighted by Gasteiger charge is 2.26. The number of carbonyl (C=O) groups is 1. The number of aryl methyl sites for hydroxylation is 1. The summed E-state index contributed by atoms with van der Waals surface area (Å²) in [6, 6.07) is 7.07. The van der Waals surface area contributed by atoms with Gasteiger partial charge < -0.3 is 18.7 Å². The second-order valence-electron chi connectivity index (χ2n) is 7.35. The summed E-state index contributed by atoms with van der Waals surface area (Å²) < 4.78 is 12.5. The first-order chi connectivity index (χ1) is 15.1. The molecule has 0 unspecified atom stereocenters. The van der Waals surface area contributed by atoms with Gasteiger partial charge in [0.2, 0.25) is 5.76 Å².